The van der Waals surface area contributed by atoms with E-state index in [-0.39, 0.29) is 34.8 Å². The minimum Gasteiger partial charge on any atom is -0.495 e. The summed E-state index contributed by atoms with van der Waals surface area (Å²) in [5.74, 6) is 1.65. The Hall–Kier alpha value is -3.26. The number of anilines is 1. The molecule has 224 valence electrons. The van der Waals surface area contributed by atoms with E-state index < -0.39 is 0 Å². The molecule has 8 nitrogen and oxygen atoms in total. The average molecular weight is 572 g/mol. The minimum atomic E-state index is -0.292. The van der Waals surface area contributed by atoms with E-state index in [9.17, 15) is 9.90 Å². The van der Waals surface area contributed by atoms with Crippen molar-refractivity contribution < 1.29 is 14.6 Å². The first-order chi connectivity index (χ1) is 20.2. The van der Waals surface area contributed by atoms with Crippen LogP contribution in [0, 0.1) is 18.3 Å². The van der Waals surface area contributed by atoms with Gasteiger partial charge in [-0.05, 0) is 120 Å². The number of aliphatic hydroxyl groups is 1. The van der Waals surface area contributed by atoms with Crippen molar-refractivity contribution in [1.82, 2.24) is 19.7 Å². The number of carbonyl (C=O) groups is 1. The number of nitrogens with zero attached hydrogens (tertiary/aromatic N) is 5. The predicted octanol–water partition coefficient (Wildman–Crippen LogP) is 6.41. The largest absolute Gasteiger partial charge is 0.495 e. The molecule has 3 heterocycles. The summed E-state index contributed by atoms with van der Waals surface area (Å²) in [6.07, 6.45) is 14.8. The average Bonchev–Trinajstić information content (AvgIpc) is 3.52. The molecule has 0 unspecified atom stereocenters. The van der Waals surface area contributed by atoms with Gasteiger partial charge in [-0.1, -0.05) is 0 Å². The van der Waals surface area contributed by atoms with E-state index in [1.165, 1.54) is 5.69 Å². The van der Waals surface area contributed by atoms with E-state index in [1.54, 1.807) is 7.11 Å². The van der Waals surface area contributed by atoms with Gasteiger partial charge in [-0.25, -0.2) is 4.98 Å². The summed E-state index contributed by atoms with van der Waals surface area (Å²) in [7, 11) is 1.70. The van der Waals surface area contributed by atoms with Crippen LogP contribution in [0.5, 0.6) is 5.75 Å². The molecule has 1 amide bonds. The van der Waals surface area contributed by atoms with Crippen molar-refractivity contribution in [2.45, 2.75) is 103 Å². The molecule has 7 rings (SSSR count). The number of hydrogen-bond acceptors (Lipinski definition) is 6. The minimum absolute atomic E-state index is 0.0725. The SMILES string of the molecule is COc1ccc(C23CCC(CN(C(=O)C4CCC(O)CC4)c4cc(-c5cnn(C(C)C)c5)ccn4)(CC2)CC3)nc1C. The van der Waals surface area contributed by atoms with E-state index in [4.69, 9.17) is 14.7 Å². The zero-order chi connectivity index (χ0) is 29.5. The first kappa shape index (κ1) is 28.8. The van der Waals surface area contributed by atoms with Gasteiger partial charge in [0.05, 0.1) is 25.1 Å². The molecule has 1 N–H and O–H groups in total. The van der Waals surface area contributed by atoms with E-state index in [1.807, 2.05) is 35.0 Å². The molecule has 0 saturated heterocycles. The van der Waals surface area contributed by atoms with Crippen LogP contribution in [0.1, 0.15) is 95.5 Å². The molecule has 4 aliphatic rings. The lowest BCUT2D eigenvalue weighted by Crippen LogP contribution is -2.52. The van der Waals surface area contributed by atoms with Crippen molar-refractivity contribution in [3.05, 3.63) is 54.2 Å². The normalized spacial score (nSPS) is 27.3. The maximum absolute atomic E-state index is 14.2. The van der Waals surface area contributed by atoms with Crippen LogP contribution in [0.25, 0.3) is 11.1 Å². The second-order valence-electron chi connectivity index (χ2n) is 13.4. The Morgan fingerprint density at radius 2 is 1.79 bits per heavy atom. The second kappa shape index (κ2) is 11.4. The van der Waals surface area contributed by atoms with Crippen LogP contribution in [0.15, 0.2) is 42.9 Å². The van der Waals surface area contributed by atoms with Crippen LogP contribution < -0.4 is 9.64 Å². The van der Waals surface area contributed by atoms with E-state index in [0.717, 1.165) is 79.8 Å². The Bertz CT molecular complexity index is 1400. The van der Waals surface area contributed by atoms with Crippen LogP contribution >= 0.6 is 0 Å². The fourth-order valence-corrected chi connectivity index (χ4v) is 7.61. The standard InChI is InChI=1S/C34H45N5O3/c1-23(2)39-21-27(20-36-39)26-11-18-35-31(19-26)38(32(41)25-5-7-28(40)8-6-25)22-33-12-15-34(16-13-33,17-14-33)30-10-9-29(42-4)24(3)37-30/h9-11,18-21,23,25,28,40H,5-8,12-17,22H2,1-4H3. The Labute approximate surface area is 249 Å². The number of carbonyl (C=O) groups excluding carboxylic acids is 1. The highest BCUT2D eigenvalue weighted by Crippen LogP contribution is 2.58. The van der Waals surface area contributed by atoms with Gasteiger partial charge in [0.15, 0.2) is 0 Å². The number of methoxy groups -OCH3 is 1. The number of aryl methyl sites for hydroxylation is 1. The molecule has 0 radical (unpaired) electrons. The summed E-state index contributed by atoms with van der Waals surface area (Å²) in [5, 5.41) is 14.7. The van der Waals surface area contributed by atoms with Gasteiger partial charge >= 0.3 is 0 Å². The molecule has 0 aromatic carbocycles. The quantitative estimate of drug-likeness (QED) is 0.336. The van der Waals surface area contributed by atoms with Crippen molar-refractivity contribution in [1.29, 1.82) is 0 Å². The van der Waals surface area contributed by atoms with Crippen LogP contribution in [0.2, 0.25) is 0 Å². The van der Waals surface area contributed by atoms with Gasteiger partial charge in [-0.3, -0.25) is 19.4 Å². The molecule has 3 aromatic rings. The van der Waals surface area contributed by atoms with Gasteiger partial charge in [0.2, 0.25) is 5.91 Å². The number of aliphatic hydroxyl groups excluding tert-OH is 1. The molecule has 0 spiro atoms. The monoisotopic (exact) mass is 571 g/mol. The lowest BCUT2D eigenvalue weighted by atomic mass is 9.52. The molecule has 4 saturated carbocycles. The van der Waals surface area contributed by atoms with Crippen LogP contribution in [-0.4, -0.2) is 50.5 Å². The lowest BCUT2D eigenvalue weighted by Gasteiger charge is -2.54. The van der Waals surface area contributed by atoms with E-state index in [0.29, 0.717) is 19.4 Å². The third kappa shape index (κ3) is 5.46. The molecular weight excluding hydrogens is 526 g/mol. The summed E-state index contributed by atoms with van der Waals surface area (Å²) in [4.78, 5) is 26.0. The van der Waals surface area contributed by atoms with Crippen molar-refractivity contribution in [2.24, 2.45) is 11.3 Å². The number of amides is 1. The smallest absolute Gasteiger partial charge is 0.231 e. The van der Waals surface area contributed by atoms with Crippen molar-refractivity contribution in [3.63, 3.8) is 0 Å². The lowest BCUT2D eigenvalue weighted by molar-refractivity contribution is -0.124. The first-order valence-electron chi connectivity index (χ1n) is 15.7. The highest BCUT2D eigenvalue weighted by atomic mass is 16.5. The van der Waals surface area contributed by atoms with Gasteiger partial charge in [-0.15, -0.1) is 0 Å². The molecule has 0 aliphatic heterocycles. The molecule has 0 atom stereocenters. The molecule has 2 bridgehead atoms. The van der Waals surface area contributed by atoms with Crippen molar-refractivity contribution >= 4 is 11.7 Å². The van der Waals surface area contributed by atoms with Gasteiger partial charge in [-0.2, -0.15) is 5.10 Å². The zero-order valence-electron chi connectivity index (χ0n) is 25.6. The van der Waals surface area contributed by atoms with Gasteiger partial charge in [0, 0.05) is 47.6 Å². The number of rotatable bonds is 8. The van der Waals surface area contributed by atoms with E-state index in [2.05, 4.69) is 43.3 Å². The van der Waals surface area contributed by atoms with Crippen LogP contribution in [0.4, 0.5) is 5.82 Å². The number of fused-ring (bicyclic) bond motifs is 3. The second-order valence-corrected chi connectivity index (χ2v) is 13.4. The highest BCUT2D eigenvalue weighted by molar-refractivity contribution is 5.95. The Morgan fingerprint density at radius 1 is 1.07 bits per heavy atom. The fourth-order valence-electron chi connectivity index (χ4n) is 7.61. The van der Waals surface area contributed by atoms with Crippen molar-refractivity contribution in [3.8, 4) is 16.9 Å². The maximum Gasteiger partial charge on any atom is 0.231 e. The van der Waals surface area contributed by atoms with E-state index >= 15 is 0 Å². The Kier molecular flexibility index (Phi) is 7.85. The molecule has 4 fully saturated rings. The Morgan fingerprint density at radius 3 is 2.40 bits per heavy atom. The molecule has 8 heteroatoms. The Balaban J connectivity index is 1.27. The molecule has 4 aliphatic carbocycles. The van der Waals surface area contributed by atoms with Gasteiger partial charge < -0.3 is 9.84 Å². The van der Waals surface area contributed by atoms with Gasteiger partial charge in [0.25, 0.3) is 0 Å². The summed E-state index contributed by atoms with van der Waals surface area (Å²) in [6.45, 7) is 6.95. The third-order valence-corrected chi connectivity index (χ3v) is 10.5. The number of hydrogen-bond donors (Lipinski definition) is 1. The number of pyridine rings is 2. The topological polar surface area (TPSA) is 93.4 Å². The number of ether oxygens (including phenoxy) is 1. The fraction of sp³-hybridized carbons (Fsp3) is 0.588. The molecule has 42 heavy (non-hydrogen) atoms. The summed E-state index contributed by atoms with van der Waals surface area (Å²) in [5.41, 5.74) is 4.38. The molecular formula is C34H45N5O3. The first-order valence-corrected chi connectivity index (χ1v) is 15.7. The summed E-state index contributed by atoms with van der Waals surface area (Å²) >= 11 is 0. The predicted molar refractivity (Wildman–Crippen MR) is 163 cm³/mol. The highest BCUT2D eigenvalue weighted by Gasteiger charge is 2.51. The van der Waals surface area contributed by atoms with Crippen LogP contribution in [0.3, 0.4) is 0 Å². The molecule has 3 aromatic heterocycles. The van der Waals surface area contributed by atoms with Gasteiger partial charge in [0.1, 0.15) is 11.6 Å². The summed E-state index contributed by atoms with van der Waals surface area (Å²) < 4.78 is 7.43. The maximum atomic E-state index is 14.2. The van der Waals surface area contributed by atoms with Crippen LogP contribution in [-0.2, 0) is 10.2 Å². The summed E-state index contributed by atoms with van der Waals surface area (Å²) in [6, 6.07) is 8.57. The van der Waals surface area contributed by atoms with Crippen molar-refractivity contribution in [2.75, 3.05) is 18.6 Å². The number of aromatic nitrogens is 4. The third-order valence-electron chi connectivity index (χ3n) is 10.5. The zero-order valence-corrected chi connectivity index (χ0v) is 25.6.